The second-order valence-corrected chi connectivity index (χ2v) is 10.2. The number of piperidine rings is 1. The summed E-state index contributed by atoms with van der Waals surface area (Å²) in [5.74, 6) is -0.331. The predicted octanol–water partition coefficient (Wildman–Crippen LogP) is 3.89. The van der Waals surface area contributed by atoms with Gasteiger partial charge in [0.05, 0.1) is 22.2 Å². The van der Waals surface area contributed by atoms with Crippen LogP contribution in [-0.4, -0.2) is 43.4 Å². The molecule has 5 atom stereocenters. The molecule has 1 aromatic carbocycles. The highest BCUT2D eigenvalue weighted by Gasteiger charge is 2.56. The molecule has 5 nitrogen and oxygen atoms in total. The minimum Gasteiger partial charge on any atom is -0.390 e. The van der Waals surface area contributed by atoms with Gasteiger partial charge in [-0.15, -0.1) is 0 Å². The van der Waals surface area contributed by atoms with E-state index in [1.54, 1.807) is 10.7 Å². The molecule has 5 unspecified atom stereocenters. The van der Waals surface area contributed by atoms with E-state index < -0.39 is 5.60 Å². The van der Waals surface area contributed by atoms with Crippen molar-refractivity contribution in [3.8, 4) is 0 Å². The molecule has 1 N–H and O–H groups in total. The molecule has 29 heavy (non-hydrogen) atoms. The van der Waals surface area contributed by atoms with Gasteiger partial charge in [0.2, 0.25) is 5.91 Å². The second-order valence-electron chi connectivity index (χ2n) is 10.2. The zero-order valence-corrected chi connectivity index (χ0v) is 17.5. The molecule has 1 amide bonds. The third-order valence-corrected chi connectivity index (χ3v) is 7.65. The van der Waals surface area contributed by atoms with Gasteiger partial charge in [-0.1, -0.05) is 19.9 Å². The number of nitrogens with zero attached hydrogens (tertiary/aromatic N) is 3. The maximum Gasteiger partial charge on any atom is 0.223 e. The maximum absolute atomic E-state index is 14.5. The van der Waals surface area contributed by atoms with Crippen molar-refractivity contribution in [2.45, 2.75) is 82.4 Å². The Morgan fingerprint density at radius 2 is 2.10 bits per heavy atom. The van der Waals surface area contributed by atoms with Crippen LogP contribution in [0.4, 0.5) is 4.39 Å². The third-order valence-electron chi connectivity index (χ3n) is 7.65. The van der Waals surface area contributed by atoms with Gasteiger partial charge in [0, 0.05) is 31.5 Å². The molecule has 3 heterocycles. The number of carbonyl (C=O) groups excluding carboxylic acids is 1. The summed E-state index contributed by atoms with van der Waals surface area (Å²) in [5.41, 5.74) is 0.929. The molecule has 2 saturated heterocycles. The van der Waals surface area contributed by atoms with Crippen molar-refractivity contribution in [1.29, 1.82) is 0 Å². The summed E-state index contributed by atoms with van der Waals surface area (Å²) in [6.07, 6.45) is 5.51. The lowest BCUT2D eigenvalue weighted by Gasteiger charge is -2.54. The topological polar surface area (TPSA) is 58.4 Å². The molecule has 0 spiro atoms. The van der Waals surface area contributed by atoms with E-state index in [-0.39, 0.29) is 35.1 Å². The summed E-state index contributed by atoms with van der Waals surface area (Å²) in [7, 11) is 1.81. The van der Waals surface area contributed by atoms with Crippen molar-refractivity contribution in [3.05, 3.63) is 29.7 Å². The summed E-state index contributed by atoms with van der Waals surface area (Å²) in [4.78, 5) is 15.5. The van der Waals surface area contributed by atoms with Gasteiger partial charge in [-0.25, -0.2) is 4.39 Å². The minimum atomic E-state index is -0.618. The molecule has 2 aliphatic heterocycles. The Morgan fingerprint density at radius 3 is 2.90 bits per heavy atom. The van der Waals surface area contributed by atoms with Crippen molar-refractivity contribution in [2.75, 3.05) is 0 Å². The normalized spacial score (nSPS) is 34.6. The van der Waals surface area contributed by atoms with Crippen LogP contribution in [0.15, 0.2) is 18.2 Å². The summed E-state index contributed by atoms with van der Waals surface area (Å²) in [6.45, 7) is 4.24. The number of aliphatic hydroxyl groups is 1. The molecule has 4 aliphatic rings. The van der Waals surface area contributed by atoms with Crippen molar-refractivity contribution in [3.63, 3.8) is 0 Å². The lowest BCUT2D eigenvalue weighted by molar-refractivity contribution is -0.149. The Balaban J connectivity index is 1.41. The van der Waals surface area contributed by atoms with Gasteiger partial charge in [0.1, 0.15) is 5.82 Å². The number of aryl methyl sites for hydroxylation is 1. The Labute approximate surface area is 170 Å². The Morgan fingerprint density at radius 1 is 1.34 bits per heavy atom. The summed E-state index contributed by atoms with van der Waals surface area (Å²) < 4.78 is 16.2. The van der Waals surface area contributed by atoms with Crippen LogP contribution in [0, 0.1) is 11.2 Å². The van der Waals surface area contributed by atoms with Crippen molar-refractivity contribution >= 4 is 16.8 Å². The molecule has 1 aromatic heterocycles. The van der Waals surface area contributed by atoms with Crippen LogP contribution in [0.1, 0.15) is 70.4 Å². The monoisotopic (exact) mass is 399 g/mol. The lowest BCUT2D eigenvalue weighted by atomic mass is 9.63. The molecular formula is C23H30FN3O2. The number of hydrogen-bond acceptors (Lipinski definition) is 3. The quantitative estimate of drug-likeness (QED) is 0.852. The van der Waals surface area contributed by atoms with Crippen LogP contribution in [0.25, 0.3) is 10.9 Å². The van der Waals surface area contributed by atoms with Crippen LogP contribution in [0.3, 0.4) is 0 Å². The highest BCUT2D eigenvalue weighted by Crippen LogP contribution is 2.55. The molecule has 2 aliphatic carbocycles. The average Bonchev–Trinajstić information content (AvgIpc) is 2.87. The fourth-order valence-corrected chi connectivity index (χ4v) is 6.72. The number of benzene rings is 1. The molecule has 6 heteroatoms. The number of hydrogen-bond donors (Lipinski definition) is 1. The van der Waals surface area contributed by atoms with Crippen molar-refractivity contribution < 1.29 is 14.3 Å². The molecule has 2 aromatic rings. The van der Waals surface area contributed by atoms with Crippen molar-refractivity contribution in [1.82, 2.24) is 14.7 Å². The van der Waals surface area contributed by atoms with Gasteiger partial charge >= 0.3 is 0 Å². The molecule has 0 radical (unpaired) electrons. The second kappa shape index (κ2) is 6.27. The largest absolute Gasteiger partial charge is 0.390 e. The molecule has 4 bridgehead atoms. The van der Waals surface area contributed by atoms with E-state index in [9.17, 15) is 14.3 Å². The number of halogens is 1. The van der Waals surface area contributed by atoms with Gasteiger partial charge < -0.3 is 10.0 Å². The van der Waals surface area contributed by atoms with E-state index >= 15 is 0 Å². The molecule has 6 rings (SSSR count). The third kappa shape index (κ3) is 2.98. The highest BCUT2D eigenvalue weighted by atomic mass is 19.1. The average molecular weight is 400 g/mol. The zero-order valence-electron chi connectivity index (χ0n) is 17.5. The Kier molecular flexibility index (Phi) is 4.12. The molecular weight excluding hydrogens is 369 g/mol. The van der Waals surface area contributed by atoms with Crippen LogP contribution in [0.2, 0.25) is 0 Å². The molecule has 4 fully saturated rings. The standard InChI is InChI=1S/C23H30FN3O2/c1-14(21-20-17(24)5-4-6-18(20)26(3)25-21)9-19(28)27-15-7-8-23(29)12-16(27)11-22(2,10-15)13-23/h4-6,14-16,29H,7-13H2,1-3H3. The lowest BCUT2D eigenvalue weighted by Crippen LogP contribution is -2.58. The number of fused-ring (bicyclic) bond motifs is 2. The fraction of sp³-hybridized carbons (Fsp3) is 0.652. The van der Waals surface area contributed by atoms with E-state index in [0.717, 1.165) is 37.6 Å². The predicted molar refractivity (Wildman–Crippen MR) is 109 cm³/mol. The Bertz CT molecular complexity index is 982. The number of carbonyl (C=O) groups is 1. The first-order valence-corrected chi connectivity index (χ1v) is 10.8. The number of aromatic nitrogens is 2. The Hall–Kier alpha value is -1.95. The van der Waals surface area contributed by atoms with Gasteiger partial charge in [-0.2, -0.15) is 5.10 Å². The maximum atomic E-state index is 14.5. The van der Waals surface area contributed by atoms with E-state index in [1.807, 2.05) is 20.0 Å². The zero-order chi connectivity index (χ0) is 20.6. The highest BCUT2D eigenvalue weighted by molar-refractivity contribution is 5.84. The van der Waals surface area contributed by atoms with Crippen LogP contribution < -0.4 is 0 Å². The first kappa shape index (κ1) is 19.0. The van der Waals surface area contributed by atoms with Gasteiger partial charge in [-0.05, 0) is 56.1 Å². The van der Waals surface area contributed by atoms with Crippen LogP contribution in [-0.2, 0) is 11.8 Å². The minimum absolute atomic E-state index is 0.121. The molecule has 2 saturated carbocycles. The smallest absolute Gasteiger partial charge is 0.223 e. The molecule has 156 valence electrons. The SMILES string of the molecule is CC(CC(=O)N1C2CCC3(O)CC1CC(C)(C2)C3)c1nn(C)c2cccc(F)c12. The fourth-order valence-electron chi connectivity index (χ4n) is 6.72. The first-order chi connectivity index (χ1) is 13.7. The van der Waals surface area contributed by atoms with Crippen LogP contribution in [0.5, 0.6) is 0 Å². The summed E-state index contributed by atoms with van der Waals surface area (Å²) in [5, 5.41) is 16.1. The van der Waals surface area contributed by atoms with Gasteiger partial charge in [-0.3, -0.25) is 9.48 Å². The van der Waals surface area contributed by atoms with E-state index in [2.05, 4.69) is 16.9 Å². The number of amides is 1. The first-order valence-electron chi connectivity index (χ1n) is 10.8. The number of rotatable bonds is 3. The van der Waals surface area contributed by atoms with Gasteiger partial charge in [0.25, 0.3) is 0 Å². The summed E-state index contributed by atoms with van der Waals surface area (Å²) in [6, 6.07) is 5.34. The van der Waals surface area contributed by atoms with E-state index in [1.165, 1.54) is 6.07 Å². The summed E-state index contributed by atoms with van der Waals surface area (Å²) >= 11 is 0. The van der Waals surface area contributed by atoms with E-state index in [0.29, 0.717) is 23.9 Å². The van der Waals surface area contributed by atoms with Crippen molar-refractivity contribution in [2.24, 2.45) is 12.5 Å². The van der Waals surface area contributed by atoms with E-state index in [4.69, 9.17) is 0 Å². The van der Waals surface area contributed by atoms with Crippen LogP contribution >= 0.6 is 0 Å². The van der Waals surface area contributed by atoms with Gasteiger partial charge in [0.15, 0.2) is 0 Å².